The summed E-state index contributed by atoms with van der Waals surface area (Å²) in [5, 5.41) is 55.0. The van der Waals surface area contributed by atoms with Crippen molar-refractivity contribution < 1.29 is 49.3 Å². The Morgan fingerprint density at radius 2 is 1.72 bits per heavy atom. The number of rotatable bonds is 4. The van der Waals surface area contributed by atoms with Crippen LogP contribution >= 0.6 is 0 Å². The molecule has 0 radical (unpaired) electrons. The molecule has 0 spiro atoms. The van der Waals surface area contributed by atoms with Gasteiger partial charge in [0.05, 0.1) is 28.8 Å². The Morgan fingerprint density at radius 3 is 2.41 bits per heavy atom. The van der Waals surface area contributed by atoms with Crippen LogP contribution in [-0.4, -0.2) is 92.4 Å². The molecule has 0 unspecified atom stereocenters. The highest BCUT2D eigenvalue weighted by Gasteiger charge is 2.71. The third-order valence-corrected chi connectivity index (χ3v) is 12.0. The molecule has 10 heteroatoms. The molecule has 5 fully saturated rings. The average molecular weight is 551 g/mol. The molecule has 0 aromatic heterocycles. The summed E-state index contributed by atoms with van der Waals surface area (Å²) in [5.74, 6) is -0.616. The van der Waals surface area contributed by atoms with Crippen molar-refractivity contribution in [3.8, 4) is 0 Å². The Labute approximate surface area is 228 Å². The van der Waals surface area contributed by atoms with Crippen LogP contribution in [0.2, 0.25) is 0 Å². The third kappa shape index (κ3) is 3.78. The molecule has 4 saturated carbocycles. The SMILES string of the molecule is C[C@@H]1O[C@H](O[C@@H]2CC[C@]3(C=O)[C@H]4CC[C@]5(C)[C@H](C6=CC(=O)OC6)CC[C@]5(O)[C@@H]4CC[C@]3(O)C2)[C@H](O)[C@H](O)[C@@H]1O. The zero-order valence-electron chi connectivity index (χ0n) is 22.7. The molecule has 0 aromatic rings. The standard InChI is InChI=1S/C29H42O10/c1-15-22(32)23(33)24(34)25(38-15)39-17-3-8-27(14-30)19-4-7-26(2)18(16-11-21(31)37-13-16)6-10-29(26,36)20(19)5-9-28(27,35)12-17/h11,14-15,17-20,22-25,32-36H,3-10,12-13H2,1-2H3/t15-,17+,18-,19-,20+,22+,23+,24+,25+,26+,27-,28-,29-/m0/s1. The average Bonchev–Trinajstić information content (AvgIpc) is 3.45. The molecule has 218 valence electrons. The first kappa shape index (κ1) is 27.8. The molecule has 39 heavy (non-hydrogen) atoms. The van der Waals surface area contributed by atoms with Crippen molar-refractivity contribution >= 4 is 12.3 Å². The molecule has 4 aliphatic carbocycles. The molecule has 0 amide bonds. The number of carbonyl (C=O) groups is 2. The normalized spacial score (nSPS) is 55.2. The van der Waals surface area contributed by atoms with Gasteiger partial charge in [-0.3, -0.25) is 0 Å². The number of aliphatic hydroxyl groups excluding tert-OH is 3. The number of cyclic esters (lactones) is 1. The van der Waals surface area contributed by atoms with Gasteiger partial charge in [0.2, 0.25) is 0 Å². The van der Waals surface area contributed by atoms with E-state index in [4.69, 9.17) is 14.2 Å². The van der Waals surface area contributed by atoms with E-state index >= 15 is 0 Å². The molecule has 5 N–H and O–H groups in total. The first-order chi connectivity index (χ1) is 18.4. The van der Waals surface area contributed by atoms with Crippen LogP contribution in [0, 0.1) is 28.6 Å². The topological polar surface area (TPSA) is 163 Å². The van der Waals surface area contributed by atoms with Gasteiger partial charge >= 0.3 is 5.97 Å². The highest BCUT2D eigenvalue weighted by atomic mass is 16.7. The summed E-state index contributed by atoms with van der Waals surface area (Å²) in [7, 11) is 0. The maximum atomic E-state index is 13.0. The van der Waals surface area contributed by atoms with Gasteiger partial charge in [0.1, 0.15) is 31.2 Å². The number of ether oxygens (including phenoxy) is 3. The van der Waals surface area contributed by atoms with E-state index in [1.807, 2.05) is 0 Å². The number of aliphatic hydroxyl groups is 5. The molecule has 6 rings (SSSR count). The van der Waals surface area contributed by atoms with E-state index in [1.54, 1.807) is 13.0 Å². The van der Waals surface area contributed by atoms with Gasteiger partial charge in [0.15, 0.2) is 6.29 Å². The number of fused-ring (bicyclic) bond motifs is 5. The summed E-state index contributed by atoms with van der Waals surface area (Å²) >= 11 is 0. The lowest BCUT2D eigenvalue weighted by Crippen LogP contribution is -2.69. The van der Waals surface area contributed by atoms with Crippen molar-refractivity contribution in [1.29, 1.82) is 0 Å². The Balaban J connectivity index is 1.22. The fraction of sp³-hybridized carbons (Fsp3) is 0.862. The van der Waals surface area contributed by atoms with E-state index in [1.165, 1.54) is 0 Å². The van der Waals surface area contributed by atoms with Crippen LogP contribution in [0.15, 0.2) is 11.6 Å². The van der Waals surface area contributed by atoms with Crippen molar-refractivity contribution in [3.63, 3.8) is 0 Å². The lowest BCUT2D eigenvalue weighted by atomic mass is 9.41. The molecule has 2 heterocycles. The monoisotopic (exact) mass is 550 g/mol. The van der Waals surface area contributed by atoms with Crippen molar-refractivity contribution in [2.24, 2.45) is 28.6 Å². The molecule has 2 aliphatic heterocycles. The first-order valence-electron chi connectivity index (χ1n) is 14.5. The van der Waals surface area contributed by atoms with E-state index < -0.39 is 58.8 Å². The van der Waals surface area contributed by atoms with E-state index in [0.29, 0.717) is 44.9 Å². The molecule has 13 atom stereocenters. The molecule has 0 bridgehead atoms. The first-order valence-corrected chi connectivity index (χ1v) is 14.5. The summed E-state index contributed by atoms with van der Waals surface area (Å²) in [6.45, 7) is 3.98. The summed E-state index contributed by atoms with van der Waals surface area (Å²) in [6, 6.07) is 0. The maximum absolute atomic E-state index is 13.0. The van der Waals surface area contributed by atoms with Gasteiger partial charge in [-0.15, -0.1) is 0 Å². The van der Waals surface area contributed by atoms with Gasteiger partial charge in [0, 0.05) is 17.9 Å². The Kier molecular flexibility index (Phi) is 6.62. The van der Waals surface area contributed by atoms with Crippen molar-refractivity contribution in [2.75, 3.05) is 6.61 Å². The quantitative estimate of drug-likeness (QED) is 0.192. The van der Waals surface area contributed by atoms with E-state index in [2.05, 4.69) is 6.92 Å². The van der Waals surface area contributed by atoms with Gasteiger partial charge < -0.3 is 44.5 Å². The number of aldehydes is 1. The lowest BCUT2D eigenvalue weighted by molar-refractivity contribution is -0.317. The summed E-state index contributed by atoms with van der Waals surface area (Å²) < 4.78 is 16.9. The lowest BCUT2D eigenvalue weighted by Gasteiger charge is -2.65. The highest BCUT2D eigenvalue weighted by Crippen LogP contribution is 2.70. The second-order valence-electron chi connectivity index (χ2n) is 13.4. The minimum Gasteiger partial charge on any atom is -0.458 e. The predicted molar refractivity (Wildman–Crippen MR) is 135 cm³/mol. The Morgan fingerprint density at radius 1 is 0.974 bits per heavy atom. The number of hydrogen-bond acceptors (Lipinski definition) is 10. The van der Waals surface area contributed by atoms with Crippen molar-refractivity contribution in [2.45, 2.75) is 120 Å². The maximum Gasteiger partial charge on any atom is 0.331 e. The fourth-order valence-corrected chi connectivity index (χ4v) is 9.75. The van der Waals surface area contributed by atoms with Crippen molar-refractivity contribution in [1.82, 2.24) is 0 Å². The van der Waals surface area contributed by atoms with Crippen LogP contribution in [0.5, 0.6) is 0 Å². The fourth-order valence-electron chi connectivity index (χ4n) is 9.75. The minimum absolute atomic E-state index is 0.0465. The number of hydrogen-bond donors (Lipinski definition) is 5. The van der Waals surface area contributed by atoms with Gasteiger partial charge in [-0.2, -0.15) is 0 Å². The van der Waals surface area contributed by atoms with Crippen LogP contribution in [0.3, 0.4) is 0 Å². The van der Waals surface area contributed by atoms with Gasteiger partial charge in [-0.25, -0.2) is 4.79 Å². The van der Waals surface area contributed by atoms with Crippen LogP contribution < -0.4 is 0 Å². The molecule has 1 saturated heterocycles. The molecular weight excluding hydrogens is 508 g/mol. The summed E-state index contributed by atoms with van der Waals surface area (Å²) in [6.07, 6.45) is 0.689. The molecule has 6 aliphatic rings. The smallest absolute Gasteiger partial charge is 0.331 e. The van der Waals surface area contributed by atoms with Crippen LogP contribution in [0.4, 0.5) is 0 Å². The molecular formula is C29H42O10. The van der Waals surface area contributed by atoms with Crippen LogP contribution in [0.25, 0.3) is 0 Å². The Hall–Kier alpha value is -1.40. The van der Waals surface area contributed by atoms with E-state index in [0.717, 1.165) is 18.3 Å². The second-order valence-corrected chi connectivity index (χ2v) is 13.4. The summed E-state index contributed by atoms with van der Waals surface area (Å²) in [5.41, 5.74) is -2.86. The van der Waals surface area contributed by atoms with E-state index in [9.17, 15) is 35.1 Å². The predicted octanol–water partition coefficient (Wildman–Crippen LogP) is 0.750. The third-order valence-electron chi connectivity index (χ3n) is 12.0. The second kappa shape index (κ2) is 9.31. The van der Waals surface area contributed by atoms with Crippen molar-refractivity contribution in [3.05, 3.63) is 11.6 Å². The highest BCUT2D eigenvalue weighted by molar-refractivity contribution is 5.85. The Bertz CT molecular complexity index is 1050. The van der Waals surface area contributed by atoms with Gasteiger partial charge in [0.25, 0.3) is 0 Å². The van der Waals surface area contributed by atoms with Gasteiger partial charge in [-0.05, 0) is 81.6 Å². The largest absolute Gasteiger partial charge is 0.458 e. The van der Waals surface area contributed by atoms with Gasteiger partial charge in [-0.1, -0.05) is 6.92 Å². The number of esters is 1. The zero-order chi connectivity index (χ0) is 28.0. The van der Waals surface area contributed by atoms with Crippen LogP contribution in [-0.2, 0) is 23.8 Å². The number of carbonyl (C=O) groups excluding carboxylic acids is 2. The minimum atomic E-state index is -1.43. The summed E-state index contributed by atoms with van der Waals surface area (Å²) in [4.78, 5) is 24.8. The van der Waals surface area contributed by atoms with E-state index in [-0.39, 0.29) is 36.8 Å². The molecule has 10 nitrogen and oxygen atoms in total. The zero-order valence-corrected chi connectivity index (χ0v) is 22.7. The van der Waals surface area contributed by atoms with Crippen LogP contribution in [0.1, 0.15) is 71.6 Å². The molecule has 0 aromatic carbocycles.